The van der Waals surface area contributed by atoms with Crippen LogP contribution in [0.4, 0.5) is 10.8 Å². The van der Waals surface area contributed by atoms with Gasteiger partial charge in [-0.05, 0) is 36.4 Å². The quantitative estimate of drug-likeness (QED) is 0.480. The molecule has 9 nitrogen and oxygen atoms in total. The number of nitrogens with one attached hydrogen (secondary N) is 1. The van der Waals surface area contributed by atoms with E-state index in [4.69, 9.17) is 4.74 Å². The average Bonchev–Trinajstić information content (AvgIpc) is 3.17. The van der Waals surface area contributed by atoms with E-state index in [0.29, 0.717) is 11.3 Å². The van der Waals surface area contributed by atoms with Crippen LogP contribution in [-0.4, -0.2) is 31.3 Å². The van der Waals surface area contributed by atoms with Gasteiger partial charge in [0.2, 0.25) is 9.84 Å². The van der Waals surface area contributed by atoms with E-state index in [1.54, 1.807) is 24.3 Å². The Kier molecular flexibility index (Phi) is 5.38. The number of thiazole rings is 1. The molecule has 1 aromatic heterocycles. The molecule has 2 aromatic carbocycles. The molecule has 0 unspecified atom stereocenters. The first kappa shape index (κ1) is 19.5. The van der Waals surface area contributed by atoms with Crippen LogP contribution >= 0.6 is 11.3 Å². The molecular formula is C17H13N3O6S2. The molecule has 11 heteroatoms. The SMILES string of the molecule is COc1ccc(C(=O)Nc2ncc(S(=O)(=O)c3ccc([N+](=O)[O-])cc3)s2)cc1. The van der Waals surface area contributed by atoms with Gasteiger partial charge in [-0.3, -0.25) is 20.2 Å². The van der Waals surface area contributed by atoms with Gasteiger partial charge in [0.25, 0.3) is 11.6 Å². The predicted molar refractivity (Wildman–Crippen MR) is 102 cm³/mol. The number of nitrogens with zero attached hydrogens (tertiary/aromatic N) is 2. The van der Waals surface area contributed by atoms with Crippen molar-refractivity contribution < 1.29 is 22.9 Å². The fraction of sp³-hybridized carbons (Fsp3) is 0.0588. The molecular weight excluding hydrogens is 406 g/mol. The molecule has 28 heavy (non-hydrogen) atoms. The lowest BCUT2D eigenvalue weighted by Crippen LogP contribution is -2.11. The number of methoxy groups -OCH3 is 1. The predicted octanol–water partition coefficient (Wildman–Crippen LogP) is 3.15. The van der Waals surface area contributed by atoms with E-state index in [1.807, 2.05) is 0 Å². The van der Waals surface area contributed by atoms with Crippen LogP contribution in [0, 0.1) is 10.1 Å². The highest BCUT2D eigenvalue weighted by atomic mass is 32.2. The number of carbonyl (C=O) groups excluding carboxylic acids is 1. The summed E-state index contributed by atoms with van der Waals surface area (Å²) in [5.41, 5.74) is 0.145. The van der Waals surface area contributed by atoms with Crippen molar-refractivity contribution in [2.24, 2.45) is 0 Å². The second-order valence-electron chi connectivity index (χ2n) is 5.42. The zero-order valence-electron chi connectivity index (χ0n) is 14.4. The molecule has 0 atom stereocenters. The Bertz CT molecular complexity index is 1120. The van der Waals surface area contributed by atoms with Crippen LogP contribution in [0.2, 0.25) is 0 Å². The first-order valence-corrected chi connectivity index (χ1v) is 10.0. The Balaban J connectivity index is 1.78. The molecule has 0 saturated heterocycles. The van der Waals surface area contributed by atoms with E-state index in [1.165, 1.54) is 7.11 Å². The van der Waals surface area contributed by atoms with Crippen molar-refractivity contribution in [3.05, 3.63) is 70.4 Å². The Morgan fingerprint density at radius 3 is 2.36 bits per heavy atom. The van der Waals surface area contributed by atoms with E-state index >= 15 is 0 Å². The van der Waals surface area contributed by atoms with Crippen molar-refractivity contribution in [3.8, 4) is 5.75 Å². The summed E-state index contributed by atoms with van der Waals surface area (Å²) in [6.07, 6.45) is 1.13. The van der Waals surface area contributed by atoms with E-state index in [-0.39, 0.29) is 19.9 Å². The molecule has 1 N–H and O–H groups in total. The van der Waals surface area contributed by atoms with Crippen molar-refractivity contribution in [1.29, 1.82) is 0 Å². The summed E-state index contributed by atoms with van der Waals surface area (Å²) in [7, 11) is -2.39. The van der Waals surface area contributed by atoms with Gasteiger partial charge >= 0.3 is 0 Å². The second kappa shape index (κ2) is 7.74. The molecule has 0 radical (unpaired) electrons. The number of nitro benzene ring substituents is 1. The Morgan fingerprint density at radius 1 is 1.14 bits per heavy atom. The monoisotopic (exact) mass is 419 g/mol. The largest absolute Gasteiger partial charge is 0.497 e. The van der Waals surface area contributed by atoms with Crippen LogP contribution < -0.4 is 10.1 Å². The smallest absolute Gasteiger partial charge is 0.269 e. The minimum atomic E-state index is -3.90. The van der Waals surface area contributed by atoms with Crippen molar-refractivity contribution in [3.63, 3.8) is 0 Å². The molecule has 0 aliphatic heterocycles. The highest BCUT2D eigenvalue weighted by molar-refractivity contribution is 7.93. The van der Waals surface area contributed by atoms with E-state index in [0.717, 1.165) is 41.8 Å². The van der Waals surface area contributed by atoms with Gasteiger partial charge in [0.05, 0.1) is 23.1 Å². The number of ether oxygens (including phenoxy) is 1. The number of non-ortho nitro benzene ring substituents is 1. The summed E-state index contributed by atoms with van der Waals surface area (Å²) >= 11 is 0.786. The van der Waals surface area contributed by atoms with Crippen LogP contribution in [0.1, 0.15) is 10.4 Å². The third-order valence-corrected chi connectivity index (χ3v) is 6.82. The molecule has 3 aromatic rings. The third kappa shape index (κ3) is 4.00. The second-order valence-corrected chi connectivity index (χ2v) is 8.63. The van der Waals surface area contributed by atoms with Crippen LogP contribution in [0.15, 0.2) is 63.8 Å². The molecule has 0 aliphatic carbocycles. The fourth-order valence-corrected chi connectivity index (χ4v) is 4.64. The molecule has 0 saturated carbocycles. The molecule has 144 valence electrons. The van der Waals surface area contributed by atoms with Gasteiger partial charge in [-0.25, -0.2) is 13.4 Å². The van der Waals surface area contributed by atoms with Crippen LogP contribution in [0.3, 0.4) is 0 Å². The van der Waals surface area contributed by atoms with Gasteiger partial charge in [0, 0.05) is 17.7 Å². The number of carbonyl (C=O) groups is 1. The molecule has 1 heterocycles. The number of sulfone groups is 1. The average molecular weight is 419 g/mol. The van der Waals surface area contributed by atoms with Crippen LogP contribution in [0.25, 0.3) is 0 Å². The van der Waals surface area contributed by atoms with E-state index in [9.17, 15) is 23.3 Å². The zero-order chi connectivity index (χ0) is 20.3. The number of hydrogen-bond donors (Lipinski definition) is 1. The van der Waals surface area contributed by atoms with Gasteiger partial charge in [-0.15, -0.1) is 0 Å². The van der Waals surface area contributed by atoms with Crippen molar-refractivity contribution in [2.75, 3.05) is 12.4 Å². The summed E-state index contributed by atoms with van der Waals surface area (Å²) in [6, 6.07) is 10.9. The number of rotatable bonds is 6. The number of anilines is 1. The Hall–Kier alpha value is -3.31. The minimum absolute atomic E-state index is 0.0913. The fourth-order valence-electron chi connectivity index (χ4n) is 2.22. The van der Waals surface area contributed by atoms with Gasteiger partial charge in [-0.1, -0.05) is 11.3 Å². The number of aromatic nitrogens is 1. The topological polar surface area (TPSA) is 128 Å². The Morgan fingerprint density at radius 2 is 1.79 bits per heavy atom. The van der Waals surface area contributed by atoms with Gasteiger partial charge in [-0.2, -0.15) is 0 Å². The molecule has 1 amide bonds. The van der Waals surface area contributed by atoms with E-state index < -0.39 is 20.7 Å². The summed E-state index contributed by atoms with van der Waals surface area (Å²) in [5.74, 6) is 0.151. The maximum Gasteiger partial charge on any atom is 0.269 e. The zero-order valence-corrected chi connectivity index (χ0v) is 16.0. The van der Waals surface area contributed by atoms with Gasteiger partial charge in [0.1, 0.15) is 9.96 Å². The Labute approximate surface area is 163 Å². The molecule has 0 fully saturated rings. The first-order valence-electron chi connectivity index (χ1n) is 7.72. The lowest BCUT2D eigenvalue weighted by atomic mass is 10.2. The standard InChI is InChI=1S/C17H13N3O6S2/c1-26-13-6-2-11(3-7-13)16(21)19-17-18-10-15(27-17)28(24,25)14-8-4-12(5-9-14)20(22)23/h2-10H,1H3,(H,18,19,21). The molecule has 0 bridgehead atoms. The van der Waals surface area contributed by atoms with Gasteiger partial charge in [0.15, 0.2) is 5.13 Å². The highest BCUT2D eigenvalue weighted by Gasteiger charge is 2.22. The maximum absolute atomic E-state index is 12.6. The third-order valence-electron chi connectivity index (χ3n) is 3.68. The number of hydrogen-bond acceptors (Lipinski definition) is 8. The first-order chi connectivity index (χ1) is 13.3. The number of amides is 1. The van der Waals surface area contributed by atoms with Crippen molar-refractivity contribution >= 4 is 37.9 Å². The normalized spacial score (nSPS) is 11.0. The molecule has 0 spiro atoms. The van der Waals surface area contributed by atoms with Gasteiger partial charge < -0.3 is 4.74 Å². The molecule has 0 aliphatic rings. The summed E-state index contributed by atoms with van der Waals surface area (Å²) < 4.78 is 30.2. The summed E-state index contributed by atoms with van der Waals surface area (Å²) in [5, 5.41) is 13.3. The van der Waals surface area contributed by atoms with Crippen LogP contribution in [0.5, 0.6) is 5.75 Å². The number of nitro groups is 1. The minimum Gasteiger partial charge on any atom is -0.497 e. The van der Waals surface area contributed by atoms with Crippen molar-refractivity contribution in [2.45, 2.75) is 9.10 Å². The lowest BCUT2D eigenvalue weighted by Gasteiger charge is -2.03. The van der Waals surface area contributed by atoms with Crippen LogP contribution in [-0.2, 0) is 9.84 Å². The van der Waals surface area contributed by atoms with E-state index in [2.05, 4.69) is 10.3 Å². The summed E-state index contributed by atoms with van der Waals surface area (Å²) in [6.45, 7) is 0. The highest BCUT2D eigenvalue weighted by Crippen LogP contribution is 2.29. The van der Waals surface area contributed by atoms with Crippen molar-refractivity contribution in [1.82, 2.24) is 4.98 Å². The number of benzene rings is 2. The summed E-state index contributed by atoms with van der Waals surface area (Å²) in [4.78, 5) is 26.1. The lowest BCUT2D eigenvalue weighted by molar-refractivity contribution is -0.384. The maximum atomic E-state index is 12.6. The molecule has 3 rings (SSSR count).